The molecular formula is C24H19N5O3S. The maximum Gasteiger partial charge on any atom is 0.352 e. The Hall–Kier alpha value is -4.11. The van der Waals surface area contributed by atoms with E-state index in [2.05, 4.69) is 15.4 Å². The number of hydrogen-bond donors (Lipinski definition) is 1. The summed E-state index contributed by atoms with van der Waals surface area (Å²) in [5.41, 5.74) is 4.93. The molecule has 0 aliphatic carbocycles. The van der Waals surface area contributed by atoms with Gasteiger partial charge in [-0.2, -0.15) is 0 Å². The Morgan fingerprint density at radius 3 is 2.67 bits per heavy atom. The third kappa shape index (κ3) is 3.83. The van der Waals surface area contributed by atoms with Crippen molar-refractivity contribution in [3.05, 3.63) is 81.8 Å². The van der Waals surface area contributed by atoms with Gasteiger partial charge in [-0.25, -0.2) is 18.9 Å². The fourth-order valence-electron chi connectivity index (χ4n) is 3.63. The standard InChI is InChI=1S/C24H19N5O3S/c1-14-6-8-16(9-7-14)19-12-33-22-21(19)25-13-28-23(22)27-29(24(28)32)11-20(31)26-18-5-3-4-17(10-18)15(2)30/h3-10,12-13H,11H2,1-2H3,(H,26,31). The number of Topliss-reactive ketones (excluding diaryl/α,β-unsaturated/α-hetero) is 1. The predicted molar refractivity (Wildman–Crippen MR) is 128 cm³/mol. The van der Waals surface area contributed by atoms with Crippen LogP contribution in [0.4, 0.5) is 5.69 Å². The van der Waals surface area contributed by atoms with Gasteiger partial charge in [-0.15, -0.1) is 16.4 Å². The van der Waals surface area contributed by atoms with Gasteiger partial charge in [0.2, 0.25) is 5.91 Å². The van der Waals surface area contributed by atoms with E-state index in [1.807, 2.05) is 36.6 Å². The summed E-state index contributed by atoms with van der Waals surface area (Å²) in [5, 5.41) is 9.12. The summed E-state index contributed by atoms with van der Waals surface area (Å²) >= 11 is 1.46. The van der Waals surface area contributed by atoms with E-state index in [4.69, 9.17) is 0 Å². The highest BCUT2D eigenvalue weighted by molar-refractivity contribution is 7.18. The van der Waals surface area contributed by atoms with Crippen LogP contribution in [0.15, 0.2) is 65.0 Å². The van der Waals surface area contributed by atoms with Crippen molar-refractivity contribution >= 4 is 44.6 Å². The number of hydrogen-bond acceptors (Lipinski definition) is 6. The molecule has 0 bridgehead atoms. The number of carbonyl (C=O) groups excluding carboxylic acids is 2. The van der Waals surface area contributed by atoms with Crippen molar-refractivity contribution in [3.8, 4) is 11.1 Å². The van der Waals surface area contributed by atoms with Crippen LogP contribution < -0.4 is 11.0 Å². The molecule has 3 aromatic heterocycles. The summed E-state index contributed by atoms with van der Waals surface area (Å²) in [5.74, 6) is -0.517. The first kappa shape index (κ1) is 20.8. The van der Waals surface area contributed by atoms with E-state index in [-0.39, 0.29) is 12.3 Å². The number of nitrogens with zero attached hydrogens (tertiary/aromatic N) is 4. The Morgan fingerprint density at radius 1 is 1.12 bits per heavy atom. The van der Waals surface area contributed by atoms with Gasteiger partial charge >= 0.3 is 5.69 Å². The number of benzene rings is 2. The molecule has 1 N–H and O–H groups in total. The van der Waals surface area contributed by atoms with E-state index in [0.29, 0.717) is 16.9 Å². The molecular weight excluding hydrogens is 438 g/mol. The number of ketones is 1. The zero-order chi connectivity index (χ0) is 23.1. The summed E-state index contributed by atoms with van der Waals surface area (Å²) in [4.78, 5) is 41.4. The van der Waals surface area contributed by atoms with Crippen LogP contribution in [0.5, 0.6) is 0 Å². The van der Waals surface area contributed by atoms with Gasteiger partial charge in [0.15, 0.2) is 11.4 Å². The van der Waals surface area contributed by atoms with Crippen molar-refractivity contribution in [2.24, 2.45) is 0 Å². The minimum absolute atomic E-state index is 0.0971. The number of aromatic nitrogens is 4. The number of rotatable bonds is 5. The van der Waals surface area contributed by atoms with Gasteiger partial charge in [0.05, 0.1) is 10.2 Å². The zero-order valence-electron chi connectivity index (χ0n) is 17.9. The summed E-state index contributed by atoms with van der Waals surface area (Å²) in [7, 11) is 0. The molecule has 8 nitrogen and oxygen atoms in total. The molecule has 33 heavy (non-hydrogen) atoms. The third-order valence-electron chi connectivity index (χ3n) is 5.35. The molecule has 0 aliphatic rings. The lowest BCUT2D eigenvalue weighted by Gasteiger charge is -2.05. The van der Waals surface area contributed by atoms with Crippen LogP contribution >= 0.6 is 11.3 Å². The van der Waals surface area contributed by atoms with E-state index in [1.165, 1.54) is 34.6 Å². The van der Waals surface area contributed by atoms with Crippen LogP contribution in [0.1, 0.15) is 22.8 Å². The summed E-state index contributed by atoms with van der Waals surface area (Å²) in [6.45, 7) is 3.23. The molecule has 164 valence electrons. The lowest BCUT2D eigenvalue weighted by atomic mass is 10.1. The van der Waals surface area contributed by atoms with Gasteiger partial charge in [-0.3, -0.25) is 9.59 Å². The molecule has 1 amide bonds. The van der Waals surface area contributed by atoms with E-state index in [0.717, 1.165) is 26.0 Å². The van der Waals surface area contributed by atoms with E-state index in [9.17, 15) is 14.4 Å². The van der Waals surface area contributed by atoms with Gasteiger partial charge in [-0.05, 0) is 31.5 Å². The van der Waals surface area contributed by atoms with Crippen LogP contribution in [0.25, 0.3) is 27.0 Å². The Labute approximate surface area is 192 Å². The van der Waals surface area contributed by atoms with Crippen molar-refractivity contribution in [1.82, 2.24) is 19.2 Å². The summed E-state index contributed by atoms with van der Waals surface area (Å²) in [6, 6.07) is 14.8. The number of nitrogens with one attached hydrogen (secondary N) is 1. The molecule has 3 heterocycles. The quantitative estimate of drug-likeness (QED) is 0.403. The predicted octanol–water partition coefficient (Wildman–Crippen LogP) is 3.92. The molecule has 0 saturated heterocycles. The largest absolute Gasteiger partial charge is 0.352 e. The minimum atomic E-state index is -0.447. The molecule has 0 saturated carbocycles. The minimum Gasteiger partial charge on any atom is -0.324 e. The number of fused-ring (bicyclic) bond motifs is 3. The molecule has 0 spiro atoms. The SMILES string of the molecule is CC(=O)c1cccc(NC(=O)Cn2nc3c4scc(-c5ccc(C)cc5)c4ncn3c2=O)c1. The average molecular weight is 458 g/mol. The number of amides is 1. The Morgan fingerprint density at radius 2 is 1.91 bits per heavy atom. The maximum absolute atomic E-state index is 12.8. The van der Waals surface area contributed by atoms with E-state index < -0.39 is 11.6 Å². The third-order valence-corrected chi connectivity index (χ3v) is 6.31. The van der Waals surface area contributed by atoms with Gasteiger partial charge in [-0.1, -0.05) is 42.0 Å². The summed E-state index contributed by atoms with van der Waals surface area (Å²) in [6.07, 6.45) is 1.45. The first-order valence-electron chi connectivity index (χ1n) is 10.2. The Kier molecular flexibility index (Phi) is 5.10. The lowest BCUT2D eigenvalue weighted by Crippen LogP contribution is -2.28. The van der Waals surface area contributed by atoms with Crippen LogP contribution in [0.2, 0.25) is 0 Å². The molecule has 9 heteroatoms. The lowest BCUT2D eigenvalue weighted by molar-refractivity contribution is -0.117. The van der Waals surface area contributed by atoms with Crippen LogP contribution in [0.3, 0.4) is 0 Å². The first-order valence-corrected chi connectivity index (χ1v) is 11.1. The van der Waals surface area contributed by atoms with Crippen LogP contribution in [0, 0.1) is 6.92 Å². The molecule has 0 aliphatic heterocycles. The van der Waals surface area contributed by atoms with Crippen molar-refractivity contribution in [2.45, 2.75) is 20.4 Å². The smallest absolute Gasteiger partial charge is 0.324 e. The maximum atomic E-state index is 12.8. The van der Waals surface area contributed by atoms with Crippen molar-refractivity contribution in [1.29, 1.82) is 0 Å². The van der Waals surface area contributed by atoms with Crippen LogP contribution in [-0.4, -0.2) is 30.9 Å². The second kappa shape index (κ2) is 8.10. The van der Waals surface area contributed by atoms with E-state index >= 15 is 0 Å². The van der Waals surface area contributed by atoms with Gasteiger partial charge < -0.3 is 5.32 Å². The Balaban J connectivity index is 1.46. The molecule has 2 aromatic carbocycles. The highest BCUT2D eigenvalue weighted by Crippen LogP contribution is 2.34. The molecule has 0 atom stereocenters. The van der Waals surface area contributed by atoms with Crippen molar-refractivity contribution < 1.29 is 9.59 Å². The molecule has 5 rings (SSSR count). The molecule has 0 fully saturated rings. The second-order valence-corrected chi connectivity index (χ2v) is 8.64. The summed E-state index contributed by atoms with van der Waals surface area (Å²) < 4.78 is 3.24. The fraction of sp³-hybridized carbons (Fsp3) is 0.125. The first-order chi connectivity index (χ1) is 15.9. The second-order valence-electron chi connectivity index (χ2n) is 7.76. The monoisotopic (exact) mass is 457 g/mol. The number of anilines is 1. The van der Waals surface area contributed by atoms with E-state index in [1.54, 1.807) is 24.3 Å². The fourth-order valence-corrected chi connectivity index (χ4v) is 4.63. The van der Waals surface area contributed by atoms with Crippen LogP contribution in [-0.2, 0) is 11.3 Å². The van der Waals surface area contributed by atoms with Gasteiger partial charge in [0.1, 0.15) is 12.9 Å². The highest BCUT2D eigenvalue weighted by Gasteiger charge is 2.17. The van der Waals surface area contributed by atoms with Gasteiger partial charge in [0.25, 0.3) is 0 Å². The van der Waals surface area contributed by atoms with Crippen molar-refractivity contribution in [3.63, 3.8) is 0 Å². The normalized spacial score (nSPS) is 11.2. The van der Waals surface area contributed by atoms with Gasteiger partial charge in [0, 0.05) is 22.2 Å². The average Bonchev–Trinajstić information content (AvgIpc) is 3.36. The zero-order valence-corrected chi connectivity index (χ0v) is 18.7. The number of carbonyl (C=O) groups is 2. The number of aryl methyl sites for hydroxylation is 1. The topological polar surface area (TPSA) is 98.4 Å². The molecule has 0 radical (unpaired) electrons. The number of thiophene rings is 1. The van der Waals surface area contributed by atoms with Crippen molar-refractivity contribution in [2.75, 3.05) is 5.32 Å². The Bertz CT molecular complexity index is 1590. The highest BCUT2D eigenvalue weighted by atomic mass is 32.1. The molecule has 0 unspecified atom stereocenters. The molecule has 5 aromatic rings.